The van der Waals surface area contributed by atoms with Crippen LogP contribution in [0.1, 0.15) is 37.9 Å². The normalized spacial score (nSPS) is 12.1. The van der Waals surface area contributed by atoms with Crippen molar-refractivity contribution in [1.82, 2.24) is 20.6 Å². The van der Waals surface area contributed by atoms with Gasteiger partial charge in [-0.05, 0) is 18.6 Å². The number of nitrogens with zero attached hydrogens (tertiary/aromatic N) is 1. The molecule has 1 amide bonds. The molecule has 1 atom stereocenters. The fourth-order valence-electron chi connectivity index (χ4n) is 2.25. The number of rotatable bonds is 7. The fourth-order valence-corrected chi connectivity index (χ4v) is 2.55. The van der Waals surface area contributed by atoms with Crippen molar-refractivity contribution >= 4 is 34.1 Å². The molecule has 5 nitrogen and oxygen atoms in total. The lowest BCUT2D eigenvalue weighted by atomic mass is 10.0. The number of hydrogen-bond donors (Lipinski definition) is 3. The van der Waals surface area contributed by atoms with Crippen LogP contribution < -0.4 is 10.6 Å². The van der Waals surface area contributed by atoms with E-state index in [1.807, 2.05) is 24.3 Å². The highest BCUT2D eigenvalue weighted by molar-refractivity contribution is 7.80. The highest BCUT2D eigenvalue weighted by Gasteiger charge is 2.23. The Morgan fingerprint density at radius 2 is 2.18 bits per heavy atom. The zero-order chi connectivity index (χ0) is 15.9. The number of amides is 1. The zero-order valence-corrected chi connectivity index (χ0v) is 13.8. The minimum Gasteiger partial charge on any atom is -0.379 e. The van der Waals surface area contributed by atoms with Crippen molar-refractivity contribution < 1.29 is 4.79 Å². The van der Waals surface area contributed by atoms with Crippen molar-refractivity contribution in [1.29, 1.82) is 0 Å². The molecule has 0 bridgehead atoms. The van der Waals surface area contributed by atoms with E-state index < -0.39 is 0 Å². The molecule has 2 rings (SSSR count). The highest BCUT2D eigenvalue weighted by Crippen LogP contribution is 2.21. The molecule has 2 aromatic rings. The molecule has 0 saturated heterocycles. The summed E-state index contributed by atoms with van der Waals surface area (Å²) in [6.45, 7) is 2.95. The Bertz CT molecular complexity index is 619. The Balaban J connectivity index is 2.22. The largest absolute Gasteiger partial charge is 0.379 e. The number of carbonyl (C=O) groups excluding carboxylic acids is 1. The highest BCUT2D eigenvalue weighted by atomic mass is 32.1. The van der Waals surface area contributed by atoms with E-state index in [1.54, 1.807) is 7.05 Å². The Labute approximate surface area is 135 Å². The van der Waals surface area contributed by atoms with Gasteiger partial charge < -0.3 is 15.6 Å². The molecular weight excluding hydrogens is 296 g/mol. The van der Waals surface area contributed by atoms with Crippen LogP contribution in [-0.4, -0.2) is 34.5 Å². The Morgan fingerprint density at radius 3 is 2.86 bits per heavy atom. The molecule has 0 aliphatic rings. The number of unbranched alkanes of at least 4 members (excludes halogenated alkanes) is 1. The number of fused-ring (bicyclic) bond motifs is 1. The number of imidazole rings is 1. The molecule has 1 unspecified atom stereocenters. The van der Waals surface area contributed by atoms with Crippen LogP contribution in [0.3, 0.4) is 0 Å². The molecule has 118 valence electrons. The standard InChI is InChI=1S/C16H22N4OS/c1-3-4-9-18-16(22)11(10-14(21)17-2)15-19-12-7-5-6-8-13(12)20-15/h5-8,11H,3-4,9-10H2,1-2H3,(H,17,21)(H,18,22)(H,19,20). The number of para-hydroxylation sites is 2. The van der Waals surface area contributed by atoms with Crippen LogP contribution in [0.2, 0.25) is 0 Å². The van der Waals surface area contributed by atoms with Crippen LogP contribution in [0.4, 0.5) is 0 Å². The van der Waals surface area contributed by atoms with Crippen molar-refractivity contribution in [3.63, 3.8) is 0 Å². The van der Waals surface area contributed by atoms with Crippen LogP contribution in [0.5, 0.6) is 0 Å². The quantitative estimate of drug-likeness (QED) is 0.542. The average molecular weight is 318 g/mol. The molecule has 1 heterocycles. The lowest BCUT2D eigenvalue weighted by Gasteiger charge is -2.16. The Hall–Kier alpha value is -1.95. The predicted octanol–water partition coefficient (Wildman–Crippen LogP) is 2.50. The predicted molar refractivity (Wildman–Crippen MR) is 93.0 cm³/mol. The van der Waals surface area contributed by atoms with Gasteiger partial charge in [0, 0.05) is 20.0 Å². The van der Waals surface area contributed by atoms with E-state index in [2.05, 4.69) is 27.5 Å². The van der Waals surface area contributed by atoms with Gasteiger partial charge in [0.1, 0.15) is 5.82 Å². The molecule has 0 radical (unpaired) electrons. The summed E-state index contributed by atoms with van der Waals surface area (Å²) in [5.74, 6) is 0.447. The van der Waals surface area contributed by atoms with Crippen molar-refractivity contribution in [3.8, 4) is 0 Å². The smallest absolute Gasteiger partial charge is 0.220 e. The molecular formula is C16H22N4OS. The van der Waals surface area contributed by atoms with E-state index in [4.69, 9.17) is 12.2 Å². The van der Waals surface area contributed by atoms with E-state index >= 15 is 0 Å². The molecule has 6 heteroatoms. The lowest BCUT2D eigenvalue weighted by Crippen LogP contribution is -2.32. The van der Waals surface area contributed by atoms with E-state index in [0.29, 0.717) is 4.99 Å². The van der Waals surface area contributed by atoms with Crippen LogP contribution in [-0.2, 0) is 4.79 Å². The van der Waals surface area contributed by atoms with E-state index in [-0.39, 0.29) is 18.2 Å². The molecule has 0 spiro atoms. The van der Waals surface area contributed by atoms with Gasteiger partial charge in [0.2, 0.25) is 5.91 Å². The molecule has 3 N–H and O–H groups in total. The van der Waals surface area contributed by atoms with E-state index in [0.717, 1.165) is 36.2 Å². The third kappa shape index (κ3) is 4.04. The van der Waals surface area contributed by atoms with Crippen molar-refractivity contribution in [2.75, 3.05) is 13.6 Å². The summed E-state index contributed by atoms with van der Waals surface area (Å²) in [6.07, 6.45) is 2.43. The molecule has 1 aromatic heterocycles. The molecule has 0 aliphatic heterocycles. The second-order valence-electron chi connectivity index (χ2n) is 5.21. The number of benzene rings is 1. The van der Waals surface area contributed by atoms with E-state index in [9.17, 15) is 4.79 Å². The first kappa shape index (κ1) is 16.4. The third-order valence-electron chi connectivity index (χ3n) is 3.55. The van der Waals surface area contributed by atoms with Gasteiger partial charge in [-0.25, -0.2) is 4.98 Å². The van der Waals surface area contributed by atoms with Crippen molar-refractivity contribution in [3.05, 3.63) is 30.1 Å². The summed E-state index contributed by atoms with van der Waals surface area (Å²) in [5.41, 5.74) is 1.84. The fraction of sp³-hybridized carbons (Fsp3) is 0.438. The van der Waals surface area contributed by atoms with Gasteiger partial charge in [-0.2, -0.15) is 0 Å². The summed E-state index contributed by atoms with van der Waals surface area (Å²) >= 11 is 5.49. The number of carbonyl (C=O) groups is 1. The van der Waals surface area contributed by atoms with Crippen LogP contribution >= 0.6 is 12.2 Å². The second-order valence-corrected chi connectivity index (χ2v) is 5.65. The zero-order valence-electron chi connectivity index (χ0n) is 13.0. The molecule has 1 aromatic carbocycles. The van der Waals surface area contributed by atoms with Crippen molar-refractivity contribution in [2.24, 2.45) is 0 Å². The lowest BCUT2D eigenvalue weighted by molar-refractivity contribution is -0.120. The first-order valence-electron chi connectivity index (χ1n) is 7.58. The molecule has 0 aliphatic carbocycles. The maximum absolute atomic E-state index is 11.8. The first-order valence-corrected chi connectivity index (χ1v) is 7.99. The minimum atomic E-state index is -0.237. The number of thiocarbonyl (C=S) groups is 1. The van der Waals surface area contributed by atoms with Gasteiger partial charge in [-0.15, -0.1) is 0 Å². The average Bonchev–Trinajstić information content (AvgIpc) is 2.95. The minimum absolute atomic E-state index is 0.0508. The van der Waals surface area contributed by atoms with E-state index in [1.165, 1.54) is 0 Å². The van der Waals surface area contributed by atoms with Gasteiger partial charge in [0.15, 0.2) is 0 Å². The topological polar surface area (TPSA) is 69.8 Å². The maximum Gasteiger partial charge on any atom is 0.220 e. The summed E-state index contributed by atoms with van der Waals surface area (Å²) in [4.78, 5) is 20.3. The number of hydrogen-bond acceptors (Lipinski definition) is 3. The van der Waals surface area contributed by atoms with Gasteiger partial charge in [-0.3, -0.25) is 4.79 Å². The van der Waals surface area contributed by atoms with Gasteiger partial charge in [-0.1, -0.05) is 37.7 Å². The Morgan fingerprint density at radius 1 is 1.41 bits per heavy atom. The molecule has 0 fully saturated rings. The third-order valence-corrected chi connectivity index (χ3v) is 3.98. The summed E-state index contributed by atoms with van der Waals surface area (Å²) < 4.78 is 0. The SMILES string of the molecule is CCCCNC(=S)C(CC(=O)NC)c1nc2ccccc2[nH]1. The first-order chi connectivity index (χ1) is 10.7. The summed E-state index contributed by atoms with van der Waals surface area (Å²) in [7, 11) is 1.63. The Kier molecular flexibility index (Phi) is 5.89. The van der Waals surface area contributed by atoms with Gasteiger partial charge >= 0.3 is 0 Å². The summed E-state index contributed by atoms with van der Waals surface area (Å²) in [6, 6.07) is 7.81. The molecule has 0 saturated carbocycles. The van der Waals surface area contributed by atoms with Crippen LogP contribution in [0.25, 0.3) is 11.0 Å². The van der Waals surface area contributed by atoms with Gasteiger partial charge in [0.25, 0.3) is 0 Å². The maximum atomic E-state index is 11.8. The second kappa shape index (κ2) is 7.89. The van der Waals surface area contributed by atoms with Crippen LogP contribution in [0.15, 0.2) is 24.3 Å². The van der Waals surface area contributed by atoms with Crippen LogP contribution in [0, 0.1) is 0 Å². The number of H-pyrrole nitrogens is 1. The number of aromatic nitrogens is 2. The van der Waals surface area contributed by atoms with Crippen molar-refractivity contribution in [2.45, 2.75) is 32.1 Å². The monoisotopic (exact) mass is 318 g/mol. The number of aromatic amines is 1. The van der Waals surface area contributed by atoms with Gasteiger partial charge in [0.05, 0.1) is 21.9 Å². The molecule has 22 heavy (non-hydrogen) atoms. The number of nitrogens with one attached hydrogen (secondary N) is 3. The summed E-state index contributed by atoms with van der Waals surface area (Å²) in [5, 5.41) is 5.90.